The predicted octanol–water partition coefficient (Wildman–Crippen LogP) is 1.14. The summed E-state index contributed by atoms with van der Waals surface area (Å²) in [4.78, 5) is 24.3. The zero-order chi connectivity index (χ0) is 13.1. The van der Waals surface area contributed by atoms with Crippen LogP contribution in [0.25, 0.3) is 0 Å². The summed E-state index contributed by atoms with van der Waals surface area (Å²) >= 11 is 4.36. The van der Waals surface area contributed by atoms with Gasteiger partial charge in [0.1, 0.15) is 0 Å². The number of amides is 1. The van der Waals surface area contributed by atoms with Crippen molar-refractivity contribution >= 4 is 24.5 Å². The van der Waals surface area contributed by atoms with Crippen LogP contribution in [0, 0.1) is 0 Å². The van der Waals surface area contributed by atoms with E-state index in [1.807, 2.05) is 29.7 Å². The summed E-state index contributed by atoms with van der Waals surface area (Å²) in [5, 5.41) is 0.0689. The molecular weight excluding hydrogens is 248 g/mol. The van der Waals surface area contributed by atoms with Crippen LogP contribution in [0.4, 0.5) is 5.95 Å². The third kappa shape index (κ3) is 2.75. The van der Waals surface area contributed by atoms with Crippen molar-refractivity contribution in [3.8, 4) is 0 Å². The first-order valence-electron chi connectivity index (χ1n) is 6.15. The molecule has 0 spiro atoms. The Kier molecular flexibility index (Phi) is 4.06. The Morgan fingerprint density at radius 3 is 2.89 bits per heavy atom. The monoisotopic (exact) mass is 266 g/mol. The molecule has 98 valence electrons. The van der Waals surface area contributed by atoms with Crippen LogP contribution in [0.1, 0.15) is 24.8 Å². The second-order valence-electron chi connectivity index (χ2n) is 4.35. The molecule has 0 radical (unpaired) electrons. The maximum absolute atomic E-state index is 11.8. The molecular formula is C12H18N4OS. The molecule has 1 atom stereocenters. The molecule has 1 aliphatic rings. The lowest BCUT2D eigenvalue weighted by Gasteiger charge is -2.33. The minimum Gasteiger partial charge on any atom is -0.340 e. The molecule has 6 heteroatoms. The number of thiol groups is 1. The van der Waals surface area contributed by atoms with E-state index < -0.39 is 0 Å². The Hall–Kier alpha value is -1.30. The highest BCUT2D eigenvalue weighted by Gasteiger charge is 2.24. The minimum absolute atomic E-state index is 0.0689. The van der Waals surface area contributed by atoms with Crippen LogP contribution >= 0.6 is 12.6 Å². The van der Waals surface area contributed by atoms with Crippen LogP contribution in [0.15, 0.2) is 12.3 Å². The number of rotatable bonds is 3. The molecule has 1 unspecified atom stereocenters. The van der Waals surface area contributed by atoms with Gasteiger partial charge in [-0.05, 0) is 19.9 Å². The maximum atomic E-state index is 11.8. The van der Waals surface area contributed by atoms with Gasteiger partial charge in [0, 0.05) is 31.1 Å². The van der Waals surface area contributed by atoms with Gasteiger partial charge < -0.3 is 9.80 Å². The topological polar surface area (TPSA) is 49.3 Å². The Balaban J connectivity index is 2.13. The molecule has 2 heterocycles. The summed E-state index contributed by atoms with van der Waals surface area (Å²) < 4.78 is 0. The van der Waals surface area contributed by atoms with Gasteiger partial charge in [0.15, 0.2) is 0 Å². The Bertz CT molecular complexity index is 438. The van der Waals surface area contributed by atoms with E-state index in [4.69, 9.17) is 0 Å². The van der Waals surface area contributed by atoms with Crippen molar-refractivity contribution in [1.29, 1.82) is 0 Å². The smallest absolute Gasteiger partial charge is 0.242 e. The largest absolute Gasteiger partial charge is 0.340 e. The van der Waals surface area contributed by atoms with E-state index in [2.05, 4.69) is 22.6 Å². The number of carbonyl (C=O) groups excluding carboxylic acids is 1. The maximum Gasteiger partial charge on any atom is 0.242 e. The highest BCUT2D eigenvalue weighted by molar-refractivity contribution is 7.80. The molecule has 5 nitrogen and oxygen atoms in total. The second-order valence-corrected chi connectivity index (χ2v) is 5.13. The predicted molar refractivity (Wildman–Crippen MR) is 73.9 cm³/mol. The number of aromatic nitrogens is 2. The summed E-state index contributed by atoms with van der Waals surface area (Å²) in [6, 6.07) is 1.85. The van der Waals surface area contributed by atoms with Gasteiger partial charge in [-0.2, -0.15) is 12.6 Å². The van der Waals surface area contributed by atoms with E-state index in [0.717, 1.165) is 25.3 Å². The number of anilines is 1. The molecule has 0 saturated carbocycles. The molecule has 18 heavy (non-hydrogen) atoms. The summed E-state index contributed by atoms with van der Waals surface area (Å²) in [5.74, 6) is 0.758. The third-order valence-electron chi connectivity index (χ3n) is 3.08. The zero-order valence-corrected chi connectivity index (χ0v) is 11.6. The number of nitrogens with zero attached hydrogens (tertiary/aromatic N) is 4. The van der Waals surface area contributed by atoms with Crippen molar-refractivity contribution in [3.05, 3.63) is 18.0 Å². The molecule has 1 aromatic rings. The van der Waals surface area contributed by atoms with E-state index in [1.54, 1.807) is 6.20 Å². The van der Waals surface area contributed by atoms with Crippen molar-refractivity contribution in [1.82, 2.24) is 14.9 Å². The van der Waals surface area contributed by atoms with Crippen molar-refractivity contribution < 1.29 is 4.79 Å². The average molecular weight is 266 g/mol. The molecule has 0 aliphatic carbocycles. The van der Waals surface area contributed by atoms with Crippen LogP contribution in [-0.2, 0) is 4.79 Å². The van der Waals surface area contributed by atoms with Crippen molar-refractivity contribution in [2.45, 2.75) is 19.1 Å². The quantitative estimate of drug-likeness (QED) is 0.833. The lowest BCUT2D eigenvalue weighted by atomic mass is 10.3. The van der Waals surface area contributed by atoms with Gasteiger partial charge in [0.05, 0.1) is 12.2 Å². The first-order valence-corrected chi connectivity index (χ1v) is 6.67. The number of piperazine rings is 1. The first-order chi connectivity index (χ1) is 8.61. The van der Waals surface area contributed by atoms with E-state index in [0.29, 0.717) is 12.5 Å². The van der Waals surface area contributed by atoms with Gasteiger partial charge in [-0.1, -0.05) is 0 Å². The normalized spacial score (nSPS) is 18.1. The van der Waals surface area contributed by atoms with Crippen molar-refractivity contribution in [2.24, 2.45) is 0 Å². The molecule has 1 aromatic heterocycles. The molecule has 0 bridgehead atoms. The Morgan fingerprint density at radius 1 is 1.50 bits per heavy atom. The second kappa shape index (κ2) is 5.56. The molecule has 1 amide bonds. The van der Waals surface area contributed by atoms with E-state index in [1.165, 1.54) is 0 Å². The standard InChI is InChI=1S/C12H18N4OS/c1-3-15-6-7-16(8-11(15)17)12-13-5-4-10(14-12)9(2)18/h4-5,9,18H,3,6-8H2,1-2H3. The van der Waals surface area contributed by atoms with Gasteiger partial charge in [-0.25, -0.2) is 9.97 Å². The zero-order valence-electron chi connectivity index (χ0n) is 10.7. The van der Waals surface area contributed by atoms with E-state index >= 15 is 0 Å². The Labute approximate surface area is 113 Å². The summed E-state index contributed by atoms with van der Waals surface area (Å²) in [6.07, 6.45) is 1.72. The highest BCUT2D eigenvalue weighted by Crippen LogP contribution is 2.19. The fourth-order valence-electron chi connectivity index (χ4n) is 1.96. The van der Waals surface area contributed by atoms with Gasteiger partial charge in [-0.15, -0.1) is 0 Å². The highest BCUT2D eigenvalue weighted by atomic mass is 32.1. The number of hydrogen-bond acceptors (Lipinski definition) is 5. The fraction of sp³-hybridized carbons (Fsp3) is 0.583. The van der Waals surface area contributed by atoms with Crippen LogP contribution in [0.3, 0.4) is 0 Å². The molecule has 0 aromatic carbocycles. The molecule has 0 N–H and O–H groups in total. The van der Waals surface area contributed by atoms with Crippen LogP contribution in [-0.4, -0.2) is 47.0 Å². The summed E-state index contributed by atoms with van der Waals surface area (Å²) in [6.45, 7) is 6.60. The molecule has 1 saturated heterocycles. The van der Waals surface area contributed by atoms with E-state index in [9.17, 15) is 4.79 Å². The Morgan fingerprint density at radius 2 is 2.28 bits per heavy atom. The van der Waals surface area contributed by atoms with E-state index in [-0.39, 0.29) is 11.2 Å². The van der Waals surface area contributed by atoms with Crippen LogP contribution in [0.5, 0.6) is 0 Å². The molecule has 2 rings (SSSR count). The number of likely N-dealkylation sites (N-methyl/N-ethyl adjacent to an activating group) is 1. The van der Waals surface area contributed by atoms with Gasteiger partial charge in [0.2, 0.25) is 11.9 Å². The number of hydrogen-bond donors (Lipinski definition) is 1. The molecule has 1 aliphatic heterocycles. The van der Waals surface area contributed by atoms with Gasteiger partial charge in [-0.3, -0.25) is 4.79 Å². The van der Waals surface area contributed by atoms with Crippen molar-refractivity contribution in [2.75, 3.05) is 31.1 Å². The molecule has 1 fully saturated rings. The fourth-order valence-corrected chi connectivity index (χ4v) is 2.10. The minimum atomic E-state index is 0.0689. The van der Waals surface area contributed by atoms with Crippen LogP contribution < -0.4 is 4.90 Å². The third-order valence-corrected chi connectivity index (χ3v) is 3.34. The SMILES string of the molecule is CCN1CCN(c2nccc(C(C)S)n2)CC1=O. The lowest BCUT2D eigenvalue weighted by molar-refractivity contribution is -0.130. The number of carbonyl (C=O) groups is 1. The average Bonchev–Trinajstić information content (AvgIpc) is 2.38. The lowest BCUT2D eigenvalue weighted by Crippen LogP contribution is -2.50. The summed E-state index contributed by atoms with van der Waals surface area (Å²) in [7, 11) is 0. The summed E-state index contributed by atoms with van der Waals surface area (Å²) in [5.41, 5.74) is 0.883. The van der Waals surface area contributed by atoms with Crippen molar-refractivity contribution in [3.63, 3.8) is 0 Å². The first kappa shape index (κ1) is 13.1. The van der Waals surface area contributed by atoms with Gasteiger partial charge >= 0.3 is 0 Å². The van der Waals surface area contributed by atoms with Crippen LogP contribution in [0.2, 0.25) is 0 Å². The van der Waals surface area contributed by atoms with Gasteiger partial charge in [0.25, 0.3) is 0 Å².